The molecule has 8 heteroatoms. The van der Waals surface area contributed by atoms with Crippen molar-refractivity contribution in [3.05, 3.63) is 70.0 Å². The molecule has 0 bridgehead atoms. The molecule has 0 aliphatic heterocycles. The van der Waals surface area contributed by atoms with E-state index in [0.29, 0.717) is 5.56 Å². The van der Waals surface area contributed by atoms with Gasteiger partial charge < -0.3 is 0 Å². The second-order valence-corrected chi connectivity index (χ2v) is 7.75. The van der Waals surface area contributed by atoms with Crippen molar-refractivity contribution in [2.75, 3.05) is 5.43 Å². The number of hydrogen-bond acceptors (Lipinski definition) is 4. The summed E-state index contributed by atoms with van der Waals surface area (Å²) in [5.41, 5.74) is 2.72. The van der Waals surface area contributed by atoms with Gasteiger partial charge in [-0.25, -0.2) is 13.8 Å². The average Bonchev–Trinajstić information content (AvgIpc) is 2.57. The predicted molar refractivity (Wildman–Crippen MR) is 101 cm³/mol. The second-order valence-electron chi connectivity index (χ2n) is 6.20. The van der Waals surface area contributed by atoms with Crippen molar-refractivity contribution >= 4 is 28.6 Å². The van der Waals surface area contributed by atoms with Crippen molar-refractivity contribution in [2.24, 2.45) is 0 Å². The number of amides is 1. The lowest BCUT2D eigenvalue weighted by Crippen LogP contribution is -2.36. The van der Waals surface area contributed by atoms with Gasteiger partial charge in [0.25, 0.3) is 5.56 Å². The van der Waals surface area contributed by atoms with Crippen LogP contribution in [0.5, 0.6) is 0 Å². The Kier molecular flexibility index (Phi) is 5.55. The Morgan fingerprint density at radius 1 is 1.19 bits per heavy atom. The smallest absolute Gasteiger partial charge is 0.273 e. The van der Waals surface area contributed by atoms with E-state index in [9.17, 15) is 18.4 Å². The van der Waals surface area contributed by atoms with Gasteiger partial charge in [0.15, 0.2) is 5.16 Å². The SMILES string of the molecule is CC(C)Sc1nc2cc(F)ccc2c(=O)n1NC(=O)Cc1cccc(F)c1. The summed E-state index contributed by atoms with van der Waals surface area (Å²) in [6.07, 6.45) is -0.0998. The van der Waals surface area contributed by atoms with Gasteiger partial charge in [-0.2, -0.15) is 4.68 Å². The van der Waals surface area contributed by atoms with E-state index in [1.807, 2.05) is 13.8 Å². The molecule has 0 aliphatic rings. The zero-order valence-electron chi connectivity index (χ0n) is 14.7. The Labute approximate surface area is 158 Å². The van der Waals surface area contributed by atoms with E-state index in [2.05, 4.69) is 10.4 Å². The van der Waals surface area contributed by atoms with E-state index in [0.717, 1.165) is 4.68 Å². The van der Waals surface area contributed by atoms with Crippen LogP contribution in [-0.2, 0) is 11.2 Å². The number of hydrogen-bond donors (Lipinski definition) is 1. The maximum absolute atomic E-state index is 13.5. The molecule has 1 heterocycles. The monoisotopic (exact) mass is 389 g/mol. The minimum atomic E-state index is -0.504. The molecule has 0 aliphatic carbocycles. The summed E-state index contributed by atoms with van der Waals surface area (Å²) < 4.78 is 27.8. The van der Waals surface area contributed by atoms with Crippen molar-refractivity contribution in [1.29, 1.82) is 0 Å². The van der Waals surface area contributed by atoms with Crippen LogP contribution < -0.4 is 11.0 Å². The molecule has 0 atom stereocenters. The molecule has 27 heavy (non-hydrogen) atoms. The van der Waals surface area contributed by atoms with Crippen LogP contribution in [0.15, 0.2) is 52.4 Å². The molecule has 0 saturated heterocycles. The highest BCUT2D eigenvalue weighted by atomic mass is 32.2. The first-order valence-electron chi connectivity index (χ1n) is 8.27. The summed E-state index contributed by atoms with van der Waals surface area (Å²) in [5.74, 6) is -1.43. The van der Waals surface area contributed by atoms with Crippen molar-refractivity contribution in [2.45, 2.75) is 30.7 Å². The molecule has 1 amide bonds. The number of nitrogens with one attached hydrogen (secondary N) is 1. The Balaban J connectivity index is 1.98. The average molecular weight is 389 g/mol. The third-order valence-corrected chi connectivity index (χ3v) is 4.59. The Bertz CT molecular complexity index is 1070. The second kappa shape index (κ2) is 7.87. The van der Waals surface area contributed by atoms with Crippen LogP contribution in [0.3, 0.4) is 0 Å². The molecule has 5 nitrogen and oxygen atoms in total. The van der Waals surface area contributed by atoms with Crippen LogP contribution in [0.2, 0.25) is 0 Å². The largest absolute Gasteiger partial charge is 0.281 e. The third kappa shape index (κ3) is 4.51. The fourth-order valence-corrected chi connectivity index (χ4v) is 3.33. The summed E-state index contributed by atoms with van der Waals surface area (Å²) in [4.78, 5) is 29.5. The zero-order chi connectivity index (χ0) is 19.6. The summed E-state index contributed by atoms with van der Waals surface area (Å²) in [6.45, 7) is 3.82. The number of thioether (sulfide) groups is 1. The summed E-state index contributed by atoms with van der Waals surface area (Å²) >= 11 is 1.27. The number of rotatable bonds is 5. The zero-order valence-corrected chi connectivity index (χ0v) is 15.5. The Morgan fingerprint density at radius 2 is 1.93 bits per heavy atom. The molecule has 0 unspecified atom stereocenters. The van der Waals surface area contributed by atoms with Gasteiger partial charge in [-0.3, -0.25) is 15.0 Å². The molecule has 3 rings (SSSR count). The lowest BCUT2D eigenvalue weighted by molar-refractivity contribution is -0.116. The quantitative estimate of drug-likeness (QED) is 0.536. The normalized spacial score (nSPS) is 11.1. The van der Waals surface area contributed by atoms with Gasteiger partial charge >= 0.3 is 0 Å². The van der Waals surface area contributed by atoms with Gasteiger partial charge in [-0.05, 0) is 29.8 Å². The summed E-state index contributed by atoms with van der Waals surface area (Å²) in [7, 11) is 0. The molecular formula is C19H17F2N3O2S. The first-order chi connectivity index (χ1) is 12.8. The number of nitrogens with zero attached hydrogens (tertiary/aromatic N) is 2. The summed E-state index contributed by atoms with van der Waals surface area (Å²) in [6, 6.07) is 9.36. The number of carbonyl (C=O) groups is 1. The molecular weight excluding hydrogens is 372 g/mol. The van der Waals surface area contributed by atoms with Gasteiger partial charge in [0.05, 0.1) is 17.3 Å². The molecule has 0 fully saturated rings. The van der Waals surface area contributed by atoms with E-state index in [4.69, 9.17) is 0 Å². The van der Waals surface area contributed by atoms with Gasteiger partial charge in [0.2, 0.25) is 5.91 Å². The number of benzene rings is 2. The molecule has 140 valence electrons. The molecule has 1 N–H and O–H groups in total. The molecule has 0 radical (unpaired) electrons. The number of halogens is 2. The van der Waals surface area contributed by atoms with Crippen LogP contribution in [0, 0.1) is 11.6 Å². The number of fused-ring (bicyclic) bond motifs is 1. The van der Waals surface area contributed by atoms with E-state index in [-0.39, 0.29) is 27.7 Å². The van der Waals surface area contributed by atoms with Crippen LogP contribution in [0.25, 0.3) is 10.9 Å². The van der Waals surface area contributed by atoms with Crippen LogP contribution in [0.4, 0.5) is 8.78 Å². The van der Waals surface area contributed by atoms with Crippen LogP contribution in [0.1, 0.15) is 19.4 Å². The Hall–Kier alpha value is -2.74. The molecule has 0 saturated carbocycles. The maximum Gasteiger partial charge on any atom is 0.281 e. The number of carbonyl (C=O) groups excluding carboxylic acids is 1. The van der Waals surface area contributed by atoms with Crippen molar-refractivity contribution < 1.29 is 13.6 Å². The summed E-state index contributed by atoms with van der Waals surface area (Å²) in [5, 5.41) is 0.519. The van der Waals surface area contributed by atoms with E-state index in [1.165, 1.54) is 48.2 Å². The van der Waals surface area contributed by atoms with Gasteiger partial charge in [-0.1, -0.05) is 37.7 Å². The Morgan fingerprint density at radius 3 is 2.63 bits per heavy atom. The molecule has 0 spiro atoms. The van der Waals surface area contributed by atoms with Crippen LogP contribution in [-0.4, -0.2) is 20.8 Å². The van der Waals surface area contributed by atoms with Crippen LogP contribution >= 0.6 is 11.8 Å². The predicted octanol–water partition coefficient (Wildman–Crippen LogP) is 3.49. The minimum absolute atomic E-state index is 0.0780. The fourth-order valence-electron chi connectivity index (χ4n) is 2.52. The topological polar surface area (TPSA) is 64.0 Å². The van der Waals surface area contributed by atoms with Crippen molar-refractivity contribution in [3.8, 4) is 0 Å². The molecule has 1 aromatic heterocycles. The van der Waals surface area contributed by atoms with Gasteiger partial charge in [0, 0.05) is 11.3 Å². The van der Waals surface area contributed by atoms with E-state index in [1.54, 1.807) is 6.07 Å². The highest BCUT2D eigenvalue weighted by molar-refractivity contribution is 7.99. The van der Waals surface area contributed by atoms with Gasteiger partial charge in [-0.15, -0.1) is 0 Å². The standard InChI is InChI=1S/C19H17F2N3O2S/c1-11(2)27-19-22-16-10-14(21)6-7-15(16)18(26)24(19)23-17(25)9-12-4-3-5-13(20)8-12/h3-8,10-11H,9H2,1-2H3,(H,23,25). The lowest BCUT2D eigenvalue weighted by atomic mass is 10.1. The maximum atomic E-state index is 13.5. The van der Waals surface area contributed by atoms with E-state index < -0.39 is 23.1 Å². The van der Waals surface area contributed by atoms with Gasteiger partial charge in [0.1, 0.15) is 11.6 Å². The first kappa shape index (κ1) is 19.0. The third-order valence-electron chi connectivity index (χ3n) is 3.63. The fraction of sp³-hybridized carbons (Fsp3) is 0.211. The lowest BCUT2D eigenvalue weighted by Gasteiger charge is -2.15. The first-order valence-corrected chi connectivity index (χ1v) is 9.14. The number of aromatic nitrogens is 2. The molecule has 3 aromatic rings. The minimum Gasteiger partial charge on any atom is -0.273 e. The van der Waals surface area contributed by atoms with Crippen molar-refractivity contribution in [1.82, 2.24) is 9.66 Å². The van der Waals surface area contributed by atoms with Crippen molar-refractivity contribution in [3.63, 3.8) is 0 Å². The highest BCUT2D eigenvalue weighted by Gasteiger charge is 2.16. The molecule has 2 aromatic carbocycles. The van der Waals surface area contributed by atoms with E-state index >= 15 is 0 Å². The highest BCUT2D eigenvalue weighted by Crippen LogP contribution is 2.21.